The van der Waals surface area contributed by atoms with Crippen LogP contribution in [0, 0.1) is 6.92 Å². The van der Waals surface area contributed by atoms with Crippen LogP contribution in [0.3, 0.4) is 0 Å². The summed E-state index contributed by atoms with van der Waals surface area (Å²) >= 11 is 1.55. The predicted molar refractivity (Wildman–Crippen MR) is 95.4 cm³/mol. The molecule has 0 fully saturated rings. The highest BCUT2D eigenvalue weighted by Crippen LogP contribution is 2.31. The van der Waals surface area contributed by atoms with Gasteiger partial charge in [-0.15, -0.1) is 11.8 Å². The van der Waals surface area contributed by atoms with Crippen molar-refractivity contribution >= 4 is 34.3 Å². The van der Waals surface area contributed by atoms with E-state index in [9.17, 15) is 4.79 Å². The van der Waals surface area contributed by atoms with E-state index in [1.165, 1.54) is 0 Å². The van der Waals surface area contributed by atoms with Gasteiger partial charge >= 0.3 is 0 Å². The average molecular weight is 326 g/mol. The number of H-pyrrole nitrogens is 1. The fourth-order valence-corrected chi connectivity index (χ4v) is 3.39. The molecule has 118 valence electrons. The van der Waals surface area contributed by atoms with E-state index in [-0.39, 0.29) is 5.91 Å². The number of thioether (sulfide) groups is 1. The predicted octanol–water partition coefficient (Wildman–Crippen LogP) is 4.22. The second kappa shape index (κ2) is 6.79. The number of carbonyl (C=O) groups excluding carboxylic acids is 1. The van der Waals surface area contributed by atoms with Crippen LogP contribution in [0.5, 0.6) is 5.75 Å². The van der Waals surface area contributed by atoms with Crippen LogP contribution in [-0.2, 0) is 4.79 Å². The highest BCUT2D eigenvalue weighted by molar-refractivity contribution is 8.00. The van der Waals surface area contributed by atoms with Crippen molar-refractivity contribution < 1.29 is 9.53 Å². The van der Waals surface area contributed by atoms with Crippen LogP contribution in [0.25, 0.3) is 10.9 Å². The molecule has 0 bridgehead atoms. The molecule has 0 aliphatic rings. The zero-order valence-electron chi connectivity index (χ0n) is 13.1. The second-order valence-corrected chi connectivity index (χ2v) is 6.18. The molecule has 3 aromatic rings. The molecule has 0 spiro atoms. The van der Waals surface area contributed by atoms with Crippen molar-refractivity contribution in [2.24, 2.45) is 0 Å². The van der Waals surface area contributed by atoms with Crippen molar-refractivity contribution in [1.82, 2.24) is 4.98 Å². The first-order valence-corrected chi connectivity index (χ1v) is 8.30. The zero-order chi connectivity index (χ0) is 16.2. The van der Waals surface area contributed by atoms with Gasteiger partial charge in [0.25, 0.3) is 0 Å². The van der Waals surface area contributed by atoms with E-state index in [1.807, 2.05) is 49.4 Å². The highest BCUT2D eigenvalue weighted by atomic mass is 32.2. The summed E-state index contributed by atoms with van der Waals surface area (Å²) in [5.41, 5.74) is 2.96. The number of benzene rings is 2. The third-order valence-electron chi connectivity index (χ3n) is 3.56. The summed E-state index contributed by atoms with van der Waals surface area (Å²) < 4.78 is 5.10. The third kappa shape index (κ3) is 3.51. The lowest BCUT2D eigenvalue weighted by molar-refractivity contribution is -0.113. The Morgan fingerprint density at radius 2 is 1.91 bits per heavy atom. The quantitative estimate of drug-likeness (QED) is 0.690. The number of aryl methyl sites for hydroxylation is 1. The van der Waals surface area contributed by atoms with Gasteiger partial charge in [0, 0.05) is 27.2 Å². The van der Waals surface area contributed by atoms with Gasteiger partial charge in [0.1, 0.15) is 5.75 Å². The Morgan fingerprint density at radius 3 is 2.65 bits per heavy atom. The SMILES string of the molecule is COc1ccc(NC(=O)CSc2c(C)[nH]c3ccccc23)cc1. The van der Waals surface area contributed by atoms with Crippen molar-refractivity contribution in [2.45, 2.75) is 11.8 Å². The molecule has 2 aromatic carbocycles. The van der Waals surface area contributed by atoms with Gasteiger partial charge in [0.2, 0.25) is 5.91 Å². The first-order chi connectivity index (χ1) is 11.2. The first-order valence-electron chi connectivity index (χ1n) is 7.31. The second-order valence-electron chi connectivity index (χ2n) is 5.19. The number of hydrogen-bond acceptors (Lipinski definition) is 3. The number of para-hydroxylation sites is 1. The molecule has 3 rings (SSSR count). The number of fused-ring (bicyclic) bond motifs is 1. The maximum absolute atomic E-state index is 12.1. The molecule has 0 atom stereocenters. The molecule has 0 saturated carbocycles. The van der Waals surface area contributed by atoms with E-state index in [4.69, 9.17) is 4.74 Å². The third-order valence-corrected chi connectivity index (χ3v) is 4.78. The minimum Gasteiger partial charge on any atom is -0.497 e. The molecule has 0 unspecified atom stereocenters. The standard InChI is InChI=1S/C18H18N2O2S/c1-12-18(15-5-3-4-6-16(15)19-12)23-11-17(21)20-13-7-9-14(22-2)10-8-13/h3-10,19H,11H2,1-2H3,(H,20,21). The van der Waals surface area contributed by atoms with E-state index in [0.29, 0.717) is 5.75 Å². The van der Waals surface area contributed by atoms with E-state index < -0.39 is 0 Å². The number of amides is 1. The Kier molecular flexibility index (Phi) is 4.57. The normalized spacial score (nSPS) is 10.7. The van der Waals surface area contributed by atoms with Crippen LogP contribution in [-0.4, -0.2) is 23.8 Å². The van der Waals surface area contributed by atoms with E-state index in [0.717, 1.165) is 32.9 Å². The molecule has 1 heterocycles. The van der Waals surface area contributed by atoms with Gasteiger partial charge in [-0.05, 0) is 37.3 Å². The largest absolute Gasteiger partial charge is 0.497 e. The van der Waals surface area contributed by atoms with Crippen molar-refractivity contribution in [3.05, 3.63) is 54.2 Å². The Hall–Kier alpha value is -2.40. The molecule has 1 amide bonds. The van der Waals surface area contributed by atoms with Gasteiger partial charge in [-0.1, -0.05) is 18.2 Å². The maximum Gasteiger partial charge on any atom is 0.234 e. The smallest absolute Gasteiger partial charge is 0.234 e. The first kappa shape index (κ1) is 15.5. The van der Waals surface area contributed by atoms with Gasteiger partial charge in [-0.25, -0.2) is 0 Å². The van der Waals surface area contributed by atoms with Crippen LogP contribution in [0.2, 0.25) is 0 Å². The molecule has 5 heteroatoms. The van der Waals surface area contributed by atoms with E-state index in [1.54, 1.807) is 18.9 Å². The van der Waals surface area contributed by atoms with Gasteiger partial charge in [-0.3, -0.25) is 4.79 Å². The van der Waals surface area contributed by atoms with Gasteiger partial charge in [0.05, 0.1) is 12.9 Å². The van der Waals surface area contributed by atoms with Crippen LogP contribution in [0.15, 0.2) is 53.4 Å². The summed E-state index contributed by atoms with van der Waals surface area (Å²) in [4.78, 5) is 16.6. The maximum atomic E-state index is 12.1. The fourth-order valence-electron chi connectivity index (χ4n) is 2.45. The number of methoxy groups -OCH3 is 1. The molecule has 2 N–H and O–H groups in total. The monoisotopic (exact) mass is 326 g/mol. The van der Waals surface area contributed by atoms with Gasteiger partial charge < -0.3 is 15.0 Å². The molecule has 1 aromatic heterocycles. The summed E-state index contributed by atoms with van der Waals surface area (Å²) in [5, 5.41) is 4.06. The summed E-state index contributed by atoms with van der Waals surface area (Å²) in [6, 6.07) is 15.4. The van der Waals surface area contributed by atoms with Crippen molar-refractivity contribution in [1.29, 1.82) is 0 Å². The highest BCUT2D eigenvalue weighted by Gasteiger charge is 2.11. The number of rotatable bonds is 5. The summed E-state index contributed by atoms with van der Waals surface area (Å²) in [6.07, 6.45) is 0. The molecule has 0 saturated heterocycles. The Labute approximate surface area is 139 Å². The lowest BCUT2D eigenvalue weighted by Crippen LogP contribution is -2.13. The number of nitrogens with one attached hydrogen (secondary N) is 2. The van der Waals surface area contributed by atoms with Gasteiger partial charge in [-0.2, -0.15) is 0 Å². The Balaban J connectivity index is 1.65. The van der Waals surface area contributed by atoms with E-state index >= 15 is 0 Å². The zero-order valence-corrected chi connectivity index (χ0v) is 13.9. The summed E-state index contributed by atoms with van der Waals surface area (Å²) in [6.45, 7) is 2.03. The molecule has 4 nitrogen and oxygen atoms in total. The number of aromatic nitrogens is 1. The Morgan fingerprint density at radius 1 is 1.17 bits per heavy atom. The molecule has 0 radical (unpaired) electrons. The molecular weight excluding hydrogens is 308 g/mol. The number of anilines is 1. The lowest BCUT2D eigenvalue weighted by Gasteiger charge is -2.06. The summed E-state index contributed by atoms with van der Waals surface area (Å²) in [5.74, 6) is 1.12. The minimum absolute atomic E-state index is 0.0233. The van der Waals surface area contributed by atoms with Crippen LogP contribution >= 0.6 is 11.8 Å². The van der Waals surface area contributed by atoms with Crippen molar-refractivity contribution in [3.8, 4) is 5.75 Å². The van der Waals surface area contributed by atoms with Crippen LogP contribution in [0.1, 0.15) is 5.69 Å². The average Bonchev–Trinajstić information content (AvgIpc) is 2.89. The van der Waals surface area contributed by atoms with Gasteiger partial charge in [0.15, 0.2) is 0 Å². The summed E-state index contributed by atoms with van der Waals surface area (Å²) in [7, 11) is 1.62. The fraction of sp³-hybridized carbons (Fsp3) is 0.167. The number of carbonyl (C=O) groups is 1. The van der Waals surface area contributed by atoms with Crippen molar-refractivity contribution in [2.75, 3.05) is 18.2 Å². The minimum atomic E-state index is -0.0233. The lowest BCUT2D eigenvalue weighted by atomic mass is 10.2. The Bertz CT molecular complexity index is 825. The molecule has 23 heavy (non-hydrogen) atoms. The van der Waals surface area contributed by atoms with Crippen LogP contribution in [0.4, 0.5) is 5.69 Å². The van der Waals surface area contributed by atoms with Crippen LogP contribution < -0.4 is 10.1 Å². The molecule has 0 aliphatic heterocycles. The number of aromatic amines is 1. The molecular formula is C18H18N2O2S. The topological polar surface area (TPSA) is 54.1 Å². The van der Waals surface area contributed by atoms with E-state index in [2.05, 4.69) is 16.4 Å². The molecule has 0 aliphatic carbocycles. The van der Waals surface area contributed by atoms with Crippen molar-refractivity contribution in [3.63, 3.8) is 0 Å². The number of ether oxygens (including phenoxy) is 1. The number of hydrogen-bond donors (Lipinski definition) is 2.